The number of hydrogen-bond donors (Lipinski definition) is 1. The number of rotatable bonds is 7. The van der Waals surface area contributed by atoms with Crippen LogP contribution in [0.15, 0.2) is 0 Å². The van der Waals surface area contributed by atoms with E-state index >= 15 is 0 Å². The molecule has 1 aliphatic heterocycles. The summed E-state index contributed by atoms with van der Waals surface area (Å²) < 4.78 is 20.6. The van der Waals surface area contributed by atoms with Crippen LogP contribution in [0.3, 0.4) is 0 Å². The summed E-state index contributed by atoms with van der Waals surface area (Å²) in [6, 6.07) is 0. The van der Waals surface area contributed by atoms with Gasteiger partial charge in [0.15, 0.2) is 6.10 Å². The Morgan fingerprint density at radius 3 is 1.82 bits per heavy atom. The minimum absolute atomic E-state index is 0. The van der Waals surface area contributed by atoms with Crippen LogP contribution in [0, 0.1) is 0 Å². The van der Waals surface area contributed by atoms with Crippen LogP contribution in [0.5, 0.6) is 0 Å². The Morgan fingerprint density at radius 2 is 1.46 bits per heavy atom. The fourth-order valence-electron chi connectivity index (χ4n) is 2.58. The van der Waals surface area contributed by atoms with Gasteiger partial charge in [0, 0.05) is 27.2 Å². The second kappa shape index (κ2) is 16.7. The van der Waals surface area contributed by atoms with Gasteiger partial charge in [-0.25, -0.2) is 0 Å². The van der Waals surface area contributed by atoms with E-state index in [9.17, 15) is 14.4 Å². The van der Waals surface area contributed by atoms with Crippen molar-refractivity contribution in [1.82, 2.24) is 0 Å². The van der Waals surface area contributed by atoms with Crippen molar-refractivity contribution in [3.05, 3.63) is 0 Å². The SMILES string of the molecule is CC(=O)OC[C@H]1O[C@@H](S)C[C@@H](OC(C)=O)[C@@H]1OC(C)=O.CCP(CC)CC.[Au+3]. The molecule has 1 fully saturated rings. The molecule has 0 aromatic rings. The Balaban J connectivity index is 0. The van der Waals surface area contributed by atoms with Crippen molar-refractivity contribution in [1.29, 1.82) is 0 Å². The first-order valence-corrected chi connectivity index (χ1v) is 11.6. The predicted molar refractivity (Wildman–Crippen MR) is 109 cm³/mol. The number of thiol groups is 1. The van der Waals surface area contributed by atoms with E-state index in [0.717, 1.165) is 0 Å². The molecule has 0 unspecified atom stereocenters. The van der Waals surface area contributed by atoms with Crippen molar-refractivity contribution in [2.24, 2.45) is 0 Å². The van der Waals surface area contributed by atoms with Crippen molar-refractivity contribution in [3.8, 4) is 0 Å². The quantitative estimate of drug-likeness (QED) is 0.154. The topological polar surface area (TPSA) is 88.1 Å². The Labute approximate surface area is 190 Å². The monoisotopic (exact) mass is 621 g/mol. The van der Waals surface area contributed by atoms with E-state index < -0.39 is 41.7 Å². The van der Waals surface area contributed by atoms with E-state index in [4.69, 9.17) is 18.9 Å². The molecule has 28 heavy (non-hydrogen) atoms. The van der Waals surface area contributed by atoms with Crippen LogP contribution in [-0.4, -0.2) is 66.7 Å². The van der Waals surface area contributed by atoms with E-state index in [-0.39, 0.29) is 35.4 Å². The van der Waals surface area contributed by atoms with Gasteiger partial charge in [0.25, 0.3) is 0 Å². The van der Waals surface area contributed by atoms with Crippen molar-refractivity contribution >= 4 is 38.5 Å². The third-order valence-electron chi connectivity index (χ3n) is 3.91. The fourth-order valence-corrected chi connectivity index (χ4v) is 4.29. The minimum atomic E-state index is -0.834. The number of hydrogen-bond acceptors (Lipinski definition) is 8. The summed E-state index contributed by atoms with van der Waals surface area (Å²) in [6.07, 6.45) is 2.28. The summed E-state index contributed by atoms with van der Waals surface area (Å²) in [4.78, 5) is 33.1. The molecule has 0 N–H and O–H groups in total. The first kappa shape index (κ1) is 30.1. The number of carbonyl (C=O) groups is 3. The molecule has 1 heterocycles. The molecule has 1 aliphatic rings. The standard InChI is InChI=1S/C12H18O7S.C6H15P.Au/c1-6(13)16-5-10-12(18-8(3)15)9(17-7(2)14)4-11(20)19-10;1-4-7(5-2)6-3;/h9-12,20H,4-5H2,1-3H3;4-6H2,1-3H3;/q;;+3/t9-,10-,11+,12+;;/m1../s1. The van der Waals surface area contributed by atoms with Gasteiger partial charge >= 0.3 is 40.3 Å². The van der Waals surface area contributed by atoms with Gasteiger partial charge in [-0.05, 0) is 18.5 Å². The third kappa shape index (κ3) is 13.2. The molecule has 0 spiro atoms. The minimum Gasteiger partial charge on any atom is -0.463 e. The van der Waals surface area contributed by atoms with E-state index in [1.165, 1.54) is 39.3 Å². The molecule has 0 radical (unpaired) electrons. The van der Waals surface area contributed by atoms with E-state index in [1.54, 1.807) is 0 Å². The molecule has 7 nitrogen and oxygen atoms in total. The molecular formula is C18H33AuO7PS+3. The fraction of sp³-hybridized carbons (Fsp3) is 0.833. The molecule has 0 amide bonds. The second-order valence-electron chi connectivity index (χ2n) is 6.01. The van der Waals surface area contributed by atoms with E-state index in [2.05, 4.69) is 33.4 Å². The predicted octanol–water partition coefficient (Wildman–Crippen LogP) is 2.98. The largest absolute Gasteiger partial charge is 3.00 e. The van der Waals surface area contributed by atoms with Crippen LogP contribution in [0.4, 0.5) is 0 Å². The molecule has 1 rings (SSSR count). The van der Waals surface area contributed by atoms with Gasteiger partial charge in [0.1, 0.15) is 24.3 Å². The molecule has 1 saturated heterocycles. The van der Waals surface area contributed by atoms with Crippen LogP contribution in [0.2, 0.25) is 0 Å². The average Bonchev–Trinajstić information content (AvgIpc) is 2.57. The molecule has 0 saturated carbocycles. The van der Waals surface area contributed by atoms with Gasteiger partial charge in [-0.2, -0.15) is 0 Å². The molecule has 0 aromatic heterocycles. The van der Waals surface area contributed by atoms with Gasteiger partial charge in [-0.1, -0.05) is 20.8 Å². The van der Waals surface area contributed by atoms with Gasteiger partial charge < -0.3 is 18.9 Å². The van der Waals surface area contributed by atoms with Crippen molar-refractivity contribution < 1.29 is 55.7 Å². The maximum Gasteiger partial charge on any atom is 3.00 e. The van der Waals surface area contributed by atoms with E-state index in [0.29, 0.717) is 7.92 Å². The summed E-state index contributed by atoms with van der Waals surface area (Å²) in [5, 5.41) is 0. The normalized spacial score (nSPS) is 23.6. The molecule has 4 atom stereocenters. The maximum absolute atomic E-state index is 11.2. The Hall–Kier alpha value is -0.110. The van der Waals surface area contributed by atoms with Gasteiger partial charge in [-0.15, -0.1) is 20.6 Å². The van der Waals surface area contributed by atoms with Gasteiger partial charge in [-0.3, -0.25) is 14.4 Å². The molecule has 0 bridgehead atoms. The first-order valence-electron chi connectivity index (χ1n) is 9.18. The Bertz CT molecular complexity index is 471. The number of carbonyl (C=O) groups excluding carboxylic acids is 3. The molecule has 166 valence electrons. The summed E-state index contributed by atoms with van der Waals surface area (Å²) in [6.45, 7) is 10.5. The maximum atomic E-state index is 11.2. The molecule has 0 aliphatic carbocycles. The van der Waals surface area contributed by atoms with Crippen LogP contribution >= 0.6 is 20.6 Å². The third-order valence-corrected chi connectivity index (χ3v) is 6.93. The summed E-state index contributed by atoms with van der Waals surface area (Å²) >= 11 is 4.18. The summed E-state index contributed by atoms with van der Waals surface area (Å²) in [7, 11) is 0.446. The molecule has 0 aromatic carbocycles. The van der Waals surface area contributed by atoms with Crippen LogP contribution in [0.25, 0.3) is 0 Å². The summed E-state index contributed by atoms with van der Waals surface area (Å²) in [5.74, 6) is -1.53. The number of ether oxygens (including phenoxy) is 4. The summed E-state index contributed by atoms with van der Waals surface area (Å²) in [5.41, 5.74) is -0.508. The van der Waals surface area contributed by atoms with Crippen molar-refractivity contribution in [3.63, 3.8) is 0 Å². The van der Waals surface area contributed by atoms with Gasteiger partial charge in [0.05, 0.1) is 0 Å². The Kier molecular flexibility index (Phi) is 17.9. The van der Waals surface area contributed by atoms with Crippen LogP contribution < -0.4 is 0 Å². The zero-order valence-electron chi connectivity index (χ0n) is 17.4. The van der Waals surface area contributed by atoms with Crippen molar-refractivity contribution in [2.75, 3.05) is 25.1 Å². The van der Waals surface area contributed by atoms with E-state index in [1.807, 2.05) is 0 Å². The smallest absolute Gasteiger partial charge is 0.463 e. The van der Waals surface area contributed by atoms with Crippen LogP contribution in [0.1, 0.15) is 48.0 Å². The first-order chi connectivity index (χ1) is 12.6. The second-order valence-corrected chi connectivity index (χ2v) is 9.82. The van der Waals surface area contributed by atoms with Crippen molar-refractivity contribution in [2.45, 2.75) is 71.7 Å². The number of esters is 3. The zero-order chi connectivity index (χ0) is 21.0. The Morgan fingerprint density at radius 1 is 0.964 bits per heavy atom. The molecular weight excluding hydrogens is 588 g/mol. The molecule has 10 heteroatoms. The van der Waals surface area contributed by atoms with Gasteiger partial charge in [0.2, 0.25) is 0 Å². The zero-order valence-corrected chi connectivity index (χ0v) is 21.4. The van der Waals surface area contributed by atoms with Crippen LogP contribution in [-0.2, 0) is 55.7 Å². The average molecular weight is 621 g/mol.